The predicted octanol–water partition coefficient (Wildman–Crippen LogP) is 5.66. The van der Waals surface area contributed by atoms with Gasteiger partial charge in [0, 0.05) is 12.1 Å². The molecule has 3 nitrogen and oxygen atoms in total. The predicted molar refractivity (Wildman–Crippen MR) is 109 cm³/mol. The molecule has 0 radical (unpaired) electrons. The number of halogens is 5. The van der Waals surface area contributed by atoms with E-state index in [1.165, 1.54) is 12.3 Å². The van der Waals surface area contributed by atoms with Crippen LogP contribution in [0.4, 0.5) is 17.6 Å². The van der Waals surface area contributed by atoms with Crippen LogP contribution in [0.15, 0.2) is 59.3 Å². The van der Waals surface area contributed by atoms with E-state index in [1.807, 2.05) is 0 Å². The van der Waals surface area contributed by atoms with Crippen LogP contribution in [0.1, 0.15) is 37.3 Å². The molecule has 8 heteroatoms. The molecule has 0 bridgehead atoms. The largest absolute Gasteiger partial charge is 0.416 e. The summed E-state index contributed by atoms with van der Waals surface area (Å²) in [6.07, 6.45) is 2.81. The summed E-state index contributed by atoms with van der Waals surface area (Å²) in [6.45, 7) is 5.48. The highest BCUT2D eigenvalue weighted by Gasteiger charge is 2.43. The number of nitrogens with one attached hydrogen (secondary N) is 1. The SMILES string of the molecule is C=CC[C@](NC(=O)C1CC1)(C1=CC=C(C)[C@@H](Cl)C=N1)c1cc(F)cc(C(F)(F)F)c1. The first-order chi connectivity index (χ1) is 14.1. The van der Waals surface area contributed by atoms with Crippen molar-refractivity contribution in [3.63, 3.8) is 0 Å². The molecule has 0 spiro atoms. The topological polar surface area (TPSA) is 41.5 Å². The highest BCUT2D eigenvalue weighted by atomic mass is 35.5. The molecule has 1 fully saturated rings. The molecule has 0 saturated heterocycles. The number of rotatable bonds is 6. The molecule has 1 saturated carbocycles. The van der Waals surface area contributed by atoms with Crippen molar-refractivity contribution in [3.8, 4) is 0 Å². The van der Waals surface area contributed by atoms with Gasteiger partial charge in [0.15, 0.2) is 0 Å². The molecule has 1 aromatic rings. The summed E-state index contributed by atoms with van der Waals surface area (Å²) >= 11 is 6.22. The Hall–Kier alpha value is -2.41. The summed E-state index contributed by atoms with van der Waals surface area (Å²) in [5.41, 5.74) is -1.72. The number of aliphatic imine (C=N–C) groups is 1. The van der Waals surface area contributed by atoms with Crippen LogP contribution in [-0.2, 0) is 16.5 Å². The van der Waals surface area contributed by atoms with Gasteiger partial charge in [-0.1, -0.05) is 17.7 Å². The summed E-state index contributed by atoms with van der Waals surface area (Å²) in [4.78, 5) is 17.1. The van der Waals surface area contributed by atoms with Gasteiger partial charge >= 0.3 is 6.18 Å². The lowest BCUT2D eigenvalue weighted by molar-refractivity contribution is -0.137. The van der Waals surface area contributed by atoms with E-state index in [9.17, 15) is 22.4 Å². The molecule has 1 aliphatic carbocycles. The Morgan fingerprint density at radius 1 is 1.27 bits per heavy atom. The monoisotopic (exact) mass is 440 g/mol. The molecule has 3 rings (SSSR count). The van der Waals surface area contributed by atoms with Gasteiger partial charge in [-0.25, -0.2) is 4.39 Å². The van der Waals surface area contributed by atoms with Crippen molar-refractivity contribution in [3.05, 3.63) is 71.2 Å². The van der Waals surface area contributed by atoms with Crippen LogP contribution in [0.25, 0.3) is 0 Å². The summed E-state index contributed by atoms with van der Waals surface area (Å²) in [5, 5.41) is 2.33. The second-order valence-electron chi connectivity index (χ2n) is 7.53. The van der Waals surface area contributed by atoms with Crippen LogP contribution >= 0.6 is 11.6 Å². The highest BCUT2D eigenvalue weighted by Crippen LogP contribution is 2.41. The molecule has 2 atom stereocenters. The second kappa shape index (κ2) is 8.38. The Labute approximate surface area is 177 Å². The average Bonchev–Trinajstić information content (AvgIpc) is 3.51. The number of benzene rings is 1. The van der Waals surface area contributed by atoms with Crippen LogP contribution in [0.5, 0.6) is 0 Å². The summed E-state index contributed by atoms with van der Waals surface area (Å²) in [5.74, 6) is -1.61. The van der Waals surface area contributed by atoms with E-state index in [0.717, 1.165) is 17.7 Å². The molecule has 0 aromatic heterocycles. The number of carbonyl (C=O) groups is 1. The fourth-order valence-corrected chi connectivity index (χ4v) is 3.42. The van der Waals surface area contributed by atoms with Gasteiger partial charge in [-0.05, 0) is 56.0 Å². The van der Waals surface area contributed by atoms with Gasteiger partial charge in [0.05, 0.1) is 16.6 Å². The number of hydrogen-bond donors (Lipinski definition) is 1. The zero-order valence-electron chi connectivity index (χ0n) is 16.3. The third kappa shape index (κ3) is 4.67. The Morgan fingerprint density at radius 3 is 2.53 bits per heavy atom. The van der Waals surface area contributed by atoms with Crippen LogP contribution in [-0.4, -0.2) is 17.5 Å². The maximum absolute atomic E-state index is 14.3. The van der Waals surface area contributed by atoms with Gasteiger partial charge < -0.3 is 5.32 Å². The zero-order valence-corrected chi connectivity index (χ0v) is 17.0. The first-order valence-electron chi connectivity index (χ1n) is 9.45. The number of amides is 1. The first kappa shape index (κ1) is 22.3. The van der Waals surface area contributed by atoms with E-state index in [-0.39, 0.29) is 29.5 Å². The number of nitrogens with zero attached hydrogens (tertiary/aromatic N) is 1. The Kier molecular flexibility index (Phi) is 6.22. The van der Waals surface area contributed by atoms with E-state index in [2.05, 4.69) is 16.9 Å². The molecule has 1 aromatic carbocycles. The van der Waals surface area contributed by atoms with Crippen molar-refractivity contribution in [2.45, 2.75) is 43.3 Å². The number of alkyl halides is 4. The minimum atomic E-state index is -4.75. The molecule has 1 heterocycles. The van der Waals surface area contributed by atoms with Crippen LogP contribution in [0.2, 0.25) is 0 Å². The number of carbonyl (C=O) groups excluding carboxylic acids is 1. The Morgan fingerprint density at radius 2 is 1.93 bits per heavy atom. The van der Waals surface area contributed by atoms with Crippen LogP contribution in [0, 0.1) is 11.7 Å². The summed E-state index contributed by atoms with van der Waals surface area (Å²) < 4.78 is 54.4. The lowest BCUT2D eigenvalue weighted by Gasteiger charge is -2.35. The lowest BCUT2D eigenvalue weighted by Crippen LogP contribution is -2.47. The molecule has 1 aliphatic heterocycles. The van der Waals surface area contributed by atoms with E-state index in [1.54, 1.807) is 19.1 Å². The summed E-state index contributed by atoms with van der Waals surface area (Å²) in [7, 11) is 0. The smallest absolute Gasteiger partial charge is 0.340 e. The maximum Gasteiger partial charge on any atom is 0.416 e. The van der Waals surface area contributed by atoms with Gasteiger partial charge in [0.25, 0.3) is 0 Å². The van der Waals surface area contributed by atoms with Crippen molar-refractivity contribution in [2.75, 3.05) is 0 Å². The molecule has 1 amide bonds. The first-order valence-corrected chi connectivity index (χ1v) is 9.89. The fourth-order valence-electron chi connectivity index (χ4n) is 3.29. The second-order valence-corrected chi connectivity index (χ2v) is 8.00. The average molecular weight is 441 g/mol. The molecule has 1 N–H and O–H groups in total. The summed E-state index contributed by atoms with van der Waals surface area (Å²) in [6, 6.07) is 2.26. The van der Waals surface area contributed by atoms with Gasteiger partial charge in [0.1, 0.15) is 11.4 Å². The van der Waals surface area contributed by atoms with Gasteiger partial charge in [-0.15, -0.1) is 18.2 Å². The molecule has 0 unspecified atom stereocenters. The minimum absolute atomic E-state index is 0.00915. The lowest BCUT2D eigenvalue weighted by atomic mass is 9.81. The van der Waals surface area contributed by atoms with Crippen LogP contribution < -0.4 is 5.32 Å². The zero-order chi connectivity index (χ0) is 22.1. The van der Waals surface area contributed by atoms with Gasteiger partial charge in [-0.2, -0.15) is 13.2 Å². The van der Waals surface area contributed by atoms with E-state index in [4.69, 9.17) is 11.6 Å². The quantitative estimate of drug-likeness (QED) is 0.346. The van der Waals surface area contributed by atoms with Crippen molar-refractivity contribution < 1.29 is 22.4 Å². The van der Waals surface area contributed by atoms with Gasteiger partial charge in [-0.3, -0.25) is 9.79 Å². The molecule has 2 aliphatic rings. The minimum Gasteiger partial charge on any atom is -0.340 e. The highest BCUT2D eigenvalue weighted by molar-refractivity contribution is 6.30. The Balaban J connectivity index is 2.23. The van der Waals surface area contributed by atoms with Crippen molar-refractivity contribution >= 4 is 23.7 Å². The van der Waals surface area contributed by atoms with Gasteiger partial charge in [0.2, 0.25) is 5.91 Å². The van der Waals surface area contributed by atoms with E-state index >= 15 is 0 Å². The van der Waals surface area contributed by atoms with Crippen molar-refractivity contribution in [1.29, 1.82) is 0 Å². The fraction of sp³-hybridized carbons (Fsp3) is 0.364. The van der Waals surface area contributed by atoms with Crippen molar-refractivity contribution in [2.24, 2.45) is 10.9 Å². The number of hydrogen-bond acceptors (Lipinski definition) is 2. The normalized spacial score (nSPS) is 21.2. The third-order valence-electron chi connectivity index (χ3n) is 5.17. The van der Waals surface area contributed by atoms with E-state index < -0.39 is 28.5 Å². The van der Waals surface area contributed by atoms with Crippen molar-refractivity contribution in [1.82, 2.24) is 5.32 Å². The number of allylic oxidation sites excluding steroid dienone is 3. The Bertz CT molecular complexity index is 947. The molecule has 160 valence electrons. The maximum atomic E-state index is 14.3. The standard InChI is InChI=1S/C22H21ClF4N2O/c1-3-8-21(29-20(30)14-5-6-14,19-7-4-13(2)18(23)12-28-19)15-9-16(22(25,26)27)11-17(24)10-15/h3-4,7,9-12,14,18H,1,5-6,8H2,2H3,(H,29,30)/t18-,21+/m0/s1. The molecular weight excluding hydrogens is 420 g/mol. The molecular formula is C22H21ClF4N2O. The third-order valence-corrected chi connectivity index (χ3v) is 5.63. The van der Waals surface area contributed by atoms with Crippen LogP contribution in [0.3, 0.4) is 0 Å². The van der Waals surface area contributed by atoms with E-state index in [0.29, 0.717) is 18.9 Å². The molecule has 30 heavy (non-hydrogen) atoms.